The first-order chi connectivity index (χ1) is 8.49. The van der Waals surface area contributed by atoms with Crippen LogP contribution < -0.4 is 0 Å². The van der Waals surface area contributed by atoms with E-state index in [1.165, 1.54) is 12.1 Å². The van der Waals surface area contributed by atoms with Gasteiger partial charge in [0.25, 0.3) is 5.69 Å². The molecule has 2 aromatic carbocycles. The molecular formula is C14H12ClNO2. The SMILES string of the molecule is Cc1ccc(-c2cc([N+](=O)[O-])ccc2Cl)c(C)c1. The molecule has 0 atom stereocenters. The quantitative estimate of drug-likeness (QED) is 0.589. The van der Waals surface area contributed by atoms with E-state index in [1.54, 1.807) is 6.07 Å². The van der Waals surface area contributed by atoms with Crippen LogP contribution in [0, 0.1) is 24.0 Å². The Morgan fingerprint density at radius 1 is 1.06 bits per heavy atom. The summed E-state index contributed by atoms with van der Waals surface area (Å²) in [6.07, 6.45) is 0. The summed E-state index contributed by atoms with van der Waals surface area (Å²) in [5, 5.41) is 11.3. The summed E-state index contributed by atoms with van der Waals surface area (Å²) >= 11 is 6.12. The molecule has 3 nitrogen and oxygen atoms in total. The van der Waals surface area contributed by atoms with Crippen LogP contribution in [0.3, 0.4) is 0 Å². The molecule has 0 radical (unpaired) electrons. The zero-order chi connectivity index (χ0) is 13.3. The number of halogens is 1. The lowest BCUT2D eigenvalue weighted by molar-refractivity contribution is -0.384. The molecule has 0 amide bonds. The normalized spacial score (nSPS) is 10.4. The smallest absolute Gasteiger partial charge is 0.258 e. The van der Waals surface area contributed by atoms with Crippen LogP contribution in [0.2, 0.25) is 5.02 Å². The van der Waals surface area contributed by atoms with Gasteiger partial charge >= 0.3 is 0 Å². The van der Waals surface area contributed by atoms with Crippen LogP contribution in [0.15, 0.2) is 36.4 Å². The minimum absolute atomic E-state index is 0.0503. The van der Waals surface area contributed by atoms with Gasteiger partial charge in [-0.1, -0.05) is 35.4 Å². The van der Waals surface area contributed by atoms with E-state index < -0.39 is 4.92 Å². The fraction of sp³-hybridized carbons (Fsp3) is 0.143. The predicted octanol–water partition coefficient (Wildman–Crippen LogP) is 4.53. The Labute approximate surface area is 110 Å². The molecule has 0 heterocycles. The zero-order valence-corrected chi connectivity index (χ0v) is 10.9. The average molecular weight is 262 g/mol. The van der Waals surface area contributed by atoms with Crippen LogP contribution in [0.1, 0.15) is 11.1 Å². The van der Waals surface area contributed by atoms with E-state index in [0.717, 1.165) is 16.7 Å². The van der Waals surface area contributed by atoms with Crippen LogP contribution >= 0.6 is 11.6 Å². The van der Waals surface area contributed by atoms with Crippen LogP contribution in [-0.2, 0) is 0 Å². The van der Waals surface area contributed by atoms with Gasteiger partial charge in [0.2, 0.25) is 0 Å². The van der Waals surface area contributed by atoms with Crippen molar-refractivity contribution in [3.05, 3.63) is 62.7 Å². The molecule has 0 spiro atoms. The maximum Gasteiger partial charge on any atom is 0.270 e. The fourth-order valence-electron chi connectivity index (χ4n) is 1.95. The van der Waals surface area contributed by atoms with E-state index in [-0.39, 0.29) is 5.69 Å². The molecular weight excluding hydrogens is 250 g/mol. The third kappa shape index (κ3) is 2.36. The lowest BCUT2D eigenvalue weighted by atomic mass is 9.98. The van der Waals surface area contributed by atoms with E-state index in [1.807, 2.05) is 32.0 Å². The molecule has 0 saturated carbocycles. The van der Waals surface area contributed by atoms with Crippen molar-refractivity contribution in [3.8, 4) is 11.1 Å². The van der Waals surface area contributed by atoms with Crippen molar-refractivity contribution in [1.29, 1.82) is 0 Å². The van der Waals surface area contributed by atoms with Crippen molar-refractivity contribution in [2.24, 2.45) is 0 Å². The van der Waals surface area contributed by atoms with Gasteiger partial charge < -0.3 is 0 Å². The molecule has 0 aliphatic rings. The molecule has 4 heteroatoms. The Hall–Kier alpha value is -1.87. The van der Waals surface area contributed by atoms with Gasteiger partial charge in [-0.15, -0.1) is 0 Å². The Morgan fingerprint density at radius 3 is 2.39 bits per heavy atom. The van der Waals surface area contributed by atoms with Crippen molar-refractivity contribution in [3.63, 3.8) is 0 Å². The highest BCUT2D eigenvalue weighted by atomic mass is 35.5. The molecule has 0 fully saturated rings. The average Bonchev–Trinajstić information content (AvgIpc) is 2.30. The first-order valence-electron chi connectivity index (χ1n) is 5.50. The van der Waals surface area contributed by atoms with Crippen molar-refractivity contribution < 1.29 is 4.92 Å². The number of rotatable bonds is 2. The second-order valence-electron chi connectivity index (χ2n) is 4.24. The lowest BCUT2D eigenvalue weighted by Gasteiger charge is -2.09. The Balaban J connectivity index is 2.62. The molecule has 92 valence electrons. The van der Waals surface area contributed by atoms with E-state index in [4.69, 9.17) is 11.6 Å². The molecule has 2 rings (SSSR count). The van der Waals surface area contributed by atoms with Crippen molar-refractivity contribution >= 4 is 17.3 Å². The summed E-state index contributed by atoms with van der Waals surface area (Å²) in [6, 6.07) is 10.4. The van der Waals surface area contributed by atoms with E-state index in [0.29, 0.717) is 10.6 Å². The fourth-order valence-corrected chi connectivity index (χ4v) is 2.17. The van der Waals surface area contributed by atoms with Gasteiger partial charge in [0, 0.05) is 22.7 Å². The Kier molecular flexibility index (Phi) is 3.34. The number of non-ortho nitro benzene ring substituents is 1. The van der Waals surface area contributed by atoms with Crippen LogP contribution in [0.5, 0.6) is 0 Å². The molecule has 0 aromatic heterocycles. The second-order valence-corrected chi connectivity index (χ2v) is 4.65. The summed E-state index contributed by atoms with van der Waals surface area (Å²) in [5.74, 6) is 0. The standard InChI is InChI=1S/C14H12ClNO2/c1-9-3-5-12(10(2)7-9)13-8-11(16(17)18)4-6-14(13)15/h3-8H,1-2H3. The first-order valence-corrected chi connectivity index (χ1v) is 5.88. The van der Waals surface area contributed by atoms with Gasteiger partial charge in [-0.3, -0.25) is 10.1 Å². The molecule has 18 heavy (non-hydrogen) atoms. The number of nitro benzene ring substituents is 1. The van der Waals surface area contributed by atoms with Gasteiger partial charge in [-0.2, -0.15) is 0 Å². The van der Waals surface area contributed by atoms with Gasteiger partial charge in [-0.05, 0) is 31.0 Å². The van der Waals surface area contributed by atoms with Gasteiger partial charge in [0.15, 0.2) is 0 Å². The topological polar surface area (TPSA) is 43.1 Å². The molecule has 0 saturated heterocycles. The summed E-state index contributed by atoms with van der Waals surface area (Å²) in [4.78, 5) is 10.4. The summed E-state index contributed by atoms with van der Waals surface area (Å²) < 4.78 is 0. The van der Waals surface area contributed by atoms with E-state index >= 15 is 0 Å². The largest absolute Gasteiger partial charge is 0.270 e. The first kappa shape index (κ1) is 12.6. The molecule has 0 N–H and O–H groups in total. The van der Waals surface area contributed by atoms with Gasteiger partial charge in [0.1, 0.15) is 0 Å². The van der Waals surface area contributed by atoms with E-state index in [2.05, 4.69) is 0 Å². The monoisotopic (exact) mass is 261 g/mol. The van der Waals surface area contributed by atoms with Crippen LogP contribution in [-0.4, -0.2) is 4.92 Å². The number of benzene rings is 2. The minimum Gasteiger partial charge on any atom is -0.258 e. The number of nitro groups is 1. The second kappa shape index (κ2) is 4.78. The predicted molar refractivity (Wildman–Crippen MR) is 73.0 cm³/mol. The molecule has 0 aliphatic carbocycles. The minimum atomic E-state index is -0.413. The molecule has 0 aliphatic heterocycles. The molecule has 0 unspecified atom stereocenters. The molecule has 0 bridgehead atoms. The lowest BCUT2D eigenvalue weighted by Crippen LogP contribution is -1.91. The highest BCUT2D eigenvalue weighted by Crippen LogP contribution is 2.33. The van der Waals surface area contributed by atoms with Crippen molar-refractivity contribution in [2.75, 3.05) is 0 Å². The van der Waals surface area contributed by atoms with Gasteiger partial charge in [-0.25, -0.2) is 0 Å². The van der Waals surface area contributed by atoms with Gasteiger partial charge in [0.05, 0.1) is 4.92 Å². The molecule has 2 aromatic rings. The maximum atomic E-state index is 10.8. The zero-order valence-electron chi connectivity index (χ0n) is 10.1. The van der Waals surface area contributed by atoms with Crippen LogP contribution in [0.25, 0.3) is 11.1 Å². The van der Waals surface area contributed by atoms with E-state index in [9.17, 15) is 10.1 Å². The van der Waals surface area contributed by atoms with Crippen molar-refractivity contribution in [1.82, 2.24) is 0 Å². The number of hydrogen-bond donors (Lipinski definition) is 0. The number of nitrogens with zero attached hydrogens (tertiary/aromatic N) is 1. The van der Waals surface area contributed by atoms with Crippen LogP contribution in [0.4, 0.5) is 5.69 Å². The highest BCUT2D eigenvalue weighted by Gasteiger charge is 2.12. The third-order valence-electron chi connectivity index (χ3n) is 2.83. The Bertz CT molecular complexity index is 623. The highest BCUT2D eigenvalue weighted by molar-refractivity contribution is 6.33. The summed E-state index contributed by atoms with van der Waals surface area (Å²) in [5.41, 5.74) is 3.88. The Morgan fingerprint density at radius 2 is 1.78 bits per heavy atom. The summed E-state index contributed by atoms with van der Waals surface area (Å²) in [6.45, 7) is 3.98. The maximum absolute atomic E-state index is 10.8. The number of hydrogen-bond acceptors (Lipinski definition) is 2. The number of aryl methyl sites for hydroxylation is 2. The third-order valence-corrected chi connectivity index (χ3v) is 3.16. The summed E-state index contributed by atoms with van der Waals surface area (Å²) in [7, 11) is 0. The van der Waals surface area contributed by atoms with Crippen molar-refractivity contribution in [2.45, 2.75) is 13.8 Å².